The minimum atomic E-state index is -0.424. The number of nitrogens with one attached hydrogen (secondary N) is 2. The molecule has 0 radical (unpaired) electrons. The maximum Gasteiger partial charge on any atom is 0.237 e. The van der Waals surface area contributed by atoms with Crippen LogP contribution in [0.25, 0.3) is 0 Å². The summed E-state index contributed by atoms with van der Waals surface area (Å²) in [4.78, 5) is 24.0. The van der Waals surface area contributed by atoms with E-state index in [4.69, 9.17) is 4.74 Å². The first-order valence-corrected chi connectivity index (χ1v) is 8.65. The molecule has 0 unspecified atom stereocenters. The lowest BCUT2D eigenvalue weighted by molar-refractivity contribution is -0.115. The molecule has 0 fully saturated rings. The van der Waals surface area contributed by atoms with Crippen LogP contribution in [0.1, 0.15) is 6.92 Å². The smallest absolute Gasteiger partial charge is 0.237 e. The Bertz CT molecular complexity index is 720. The molecule has 0 spiro atoms. The molecule has 7 heteroatoms. The first kappa shape index (κ1) is 18.8. The van der Waals surface area contributed by atoms with E-state index in [2.05, 4.69) is 10.6 Å². The number of halogens is 1. The van der Waals surface area contributed by atoms with Crippen LogP contribution >= 0.6 is 11.8 Å². The molecule has 5 nitrogen and oxygen atoms in total. The van der Waals surface area contributed by atoms with Gasteiger partial charge in [0.25, 0.3) is 0 Å². The summed E-state index contributed by atoms with van der Waals surface area (Å²) in [5, 5.41) is 5.01. The molecular formula is C18H19FN2O3S. The number of hydrogen-bond donors (Lipinski definition) is 2. The number of rotatable bonds is 7. The summed E-state index contributed by atoms with van der Waals surface area (Å²) in [6.07, 6.45) is 0. The van der Waals surface area contributed by atoms with Crippen LogP contribution in [0.15, 0.2) is 48.5 Å². The quantitative estimate of drug-likeness (QED) is 0.791. The van der Waals surface area contributed by atoms with Crippen molar-refractivity contribution in [1.29, 1.82) is 0 Å². The van der Waals surface area contributed by atoms with Crippen LogP contribution in [-0.2, 0) is 9.59 Å². The van der Waals surface area contributed by atoms with Gasteiger partial charge in [-0.2, -0.15) is 0 Å². The van der Waals surface area contributed by atoms with Crippen molar-refractivity contribution in [2.45, 2.75) is 12.2 Å². The third-order valence-electron chi connectivity index (χ3n) is 3.32. The van der Waals surface area contributed by atoms with Crippen molar-refractivity contribution in [3.63, 3.8) is 0 Å². The second kappa shape index (κ2) is 9.08. The van der Waals surface area contributed by atoms with E-state index in [1.807, 2.05) is 0 Å². The molecular weight excluding hydrogens is 343 g/mol. The van der Waals surface area contributed by atoms with E-state index in [1.54, 1.807) is 38.3 Å². The van der Waals surface area contributed by atoms with E-state index in [9.17, 15) is 14.0 Å². The molecule has 2 aromatic carbocycles. The Kier molecular flexibility index (Phi) is 6.82. The predicted molar refractivity (Wildman–Crippen MR) is 98.6 cm³/mol. The van der Waals surface area contributed by atoms with Crippen LogP contribution in [0.2, 0.25) is 0 Å². The molecule has 0 aliphatic carbocycles. The fraction of sp³-hybridized carbons (Fsp3) is 0.222. The summed E-state index contributed by atoms with van der Waals surface area (Å²) >= 11 is 1.22. The Balaban J connectivity index is 1.77. The molecule has 0 bridgehead atoms. The van der Waals surface area contributed by atoms with Crippen LogP contribution in [0.4, 0.5) is 15.8 Å². The first-order valence-electron chi connectivity index (χ1n) is 7.60. The number of benzene rings is 2. The van der Waals surface area contributed by atoms with Gasteiger partial charge in [0.1, 0.15) is 11.6 Å². The summed E-state index contributed by atoms with van der Waals surface area (Å²) in [5.74, 6) is 0.0452. The number of anilines is 2. The lowest BCUT2D eigenvalue weighted by atomic mass is 10.3. The second-order valence-electron chi connectivity index (χ2n) is 5.23. The number of amides is 2. The topological polar surface area (TPSA) is 67.4 Å². The molecule has 1 atom stereocenters. The largest absolute Gasteiger partial charge is 0.497 e. The SMILES string of the molecule is COc1ccc(NC(=O)CS[C@H](C)C(=O)Nc2ccc(F)cc2)cc1. The standard InChI is InChI=1S/C18H19FN2O3S/c1-12(18(23)21-15-5-3-13(19)4-6-15)25-11-17(22)20-14-7-9-16(24-2)10-8-14/h3-10,12H,11H2,1-2H3,(H,20,22)(H,21,23)/t12-/m1/s1. The third-order valence-corrected chi connectivity index (χ3v) is 4.46. The third kappa shape index (κ3) is 6.11. The fourth-order valence-corrected chi connectivity index (χ4v) is 2.61. The highest BCUT2D eigenvalue weighted by molar-refractivity contribution is 8.01. The molecule has 2 rings (SSSR count). The lowest BCUT2D eigenvalue weighted by Crippen LogP contribution is -2.25. The highest BCUT2D eigenvalue weighted by Gasteiger charge is 2.15. The average molecular weight is 362 g/mol. The van der Waals surface area contributed by atoms with Gasteiger partial charge >= 0.3 is 0 Å². The van der Waals surface area contributed by atoms with Gasteiger partial charge in [-0.25, -0.2) is 4.39 Å². The summed E-state index contributed by atoms with van der Waals surface area (Å²) in [5.41, 5.74) is 1.18. The summed E-state index contributed by atoms with van der Waals surface area (Å²) in [6, 6.07) is 12.5. The van der Waals surface area contributed by atoms with Gasteiger partial charge in [0.2, 0.25) is 11.8 Å². The van der Waals surface area contributed by atoms with Crippen molar-refractivity contribution >= 4 is 35.0 Å². The van der Waals surface area contributed by atoms with Crippen LogP contribution in [0.3, 0.4) is 0 Å². The fourth-order valence-electron chi connectivity index (χ4n) is 1.92. The van der Waals surface area contributed by atoms with Crippen molar-refractivity contribution in [1.82, 2.24) is 0 Å². The molecule has 132 valence electrons. The van der Waals surface area contributed by atoms with Crippen LogP contribution in [0, 0.1) is 5.82 Å². The van der Waals surface area contributed by atoms with Crippen molar-refractivity contribution in [3.05, 3.63) is 54.3 Å². The van der Waals surface area contributed by atoms with E-state index in [1.165, 1.54) is 36.0 Å². The highest BCUT2D eigenvalue weighted by atomic mass is 32.2. The van der Waals surface area contributed by atoms with Gasteiger partial charge in [0.05, 0.1) is 18.1 Å². The molecule has 0 aliphatic heterocycles. The minimum absolute atomic E-state index is 0.143. The maximum atomic E-state index is 12.8. The molecule has 2 N–H and O–H groups in total. The minimum Gasteiger partial charge on any atom is -0.497 e. The number of thioether (sulfide) groups is 1. The van der Waals surface area contributed by atoms with Crippen molar-refractivity contribution in [3.8, 4) is 5.75 Å². The van der Waals surface area contributed by atoms with Gasteiger partial charge in [-0.05, 0) is 55.5 Å². The molecule has 25 heavy (non-hydrogen) atoms. The predicted octanol–water partition coefficient (Wildman–Crippen LogP) is 3.53. The number of methoxy groups -OCH3 is 1. The zero-order valence-corrected chi connectivity index (χ0v) is 14.7. The monoisotopic (exact) mass is 362 g/mol. The maximum absolute atomic E-state index is 12.8. The summed E-state index contributed by atoms with van der Waals surface area (Å²) < 4.78 is 17.9. The first-order chi connectivity index (χ1) is 12.0. The van der Waals surface area contributed by atoms with E-state index in [0.29, 0.717) is 17.1 Å². The Morgan fingerprint density at radius 3 is 2.20 bits per heavy atom. The van der Waals surface area contributed by atoms with E-state index >= 15 is 0 Å². The number of hydrogen-bond acceptors (Lipinski definition) is 4. The summed E-state index contributed by atoms with van der Waals surface area (Å²) in [7, 11) is 1.57. The zero-order chi connectivity index (χ0) is 18.2. The van der Waals surface area contributed by atoms with Gasteiger partial charge in [-0.15, -0.1) is 11.8 Å². The summed E-state index contributed by atoms with van der Waals surface area (Å²) in [6.45, 7) is 1.71. The molecule has 0 aliphatic rings. The van der Waals surface area contributed by atoms with Gasteiger partial charge in [-0.3, -0.25) is 9.59 Å². The second-order valence-corrected chi connectivity index (χ2v) is 6.56. The molecule has 0 saturated heterocycles. The molecule has 0 heterocycles. The number of carbonyl (C=O) groups is 2. The van der Waals surface area contributed by atoms with Crippen molar-refractivity contribution in [2.75, 3.05) is 23.5 Å². The van der Waals surface area contributed by atoms with Gasteiger partial charge < -0.3 is 15.4 Å². The molecule has 0 aromatic heterocycles. The van der Waals surface area contributed by atoms with Crippen molar-refractivity contribution in [2.24, 2.45) is 0 Å². The zero-order valence-electron chi connectivity index (χ0n) is 13.9. The van der Waals surface area contributed by atoms with Gasteiger partial charge in [0.15, 0.2) is 0 Å². The normalized spacial score (nSPS) is 11.5. The van der Waals surface area contributed by atoms with E-state index < -0.39 is 5.25 Å². The van der Waals surface area contributed by atoms with Crippen LogP contribution < -0.4 is 15.4 Å². The Hall–Kier alpha value is -2.54. The Morgan fingerprint density at radius 1 is 1.04 bits per heavy atom. The lowest BCUT2D eigenvalue weighted by Gasteiger charge is -2.12. The highest BCUT2D eigenvalue weighted by Crippen LogP contribution is 2.17. The van der Waals surface area contributed by atoms with Gasteiger partial charge in [0, 0.05) is 11.4 Å². The molecule has 0 saturated carbocycles. The van der Waals surface area contributed by atoms with Crippen molar-refractivity contribution < 1.29 is 18.7 Å². The molecule has 2 amide bonds. The number of ether oxygens (including phenoxy) is 1. The van der Waals surface area contributed by atoms with Crippen LogP contribution in [0.5, 0.6) is 5.75 Å². The van der Waals surface area contributed by atoms with E-state index in [0.717, 1.165) is 0 Å². The van der Waals surface area contributed by atoms with Gasteiger partial charge in [-0.1, -0.05) is 0 Å². The Labute approximate surface area is 150 Å². The number of carbonyl (C=O) groups excluding carboxylic acids is 2. The van der Waals surface area contributed by atoms with Crippen LogP contribution in [-0.4, -0.2) is 29.9 Å². The molecule has 2 aromatic rings. The average Bonchev–Trinajstić information content (AvgIpc) is 2.62. The van der Waals surface area contributed by atoms with E-state index in [-0.39, 0.29) is 23.4 Å². The Morgan fingerprint density at radius 2 is 1.60 bits per heavy atom.